The molecule has 2 rings (SSSR count). The van der Waals surface area contributed by atoms with Crippen molar-refractivity contribution >= 4 is 0 Å². The van der Waals surface area contributed by atoms with Gasteiger partial charge in [0.2, 0.25) is 0 Å². The average molecular weight is 248 g/mol. The first-order valence-corrected chi connectivity index (χ1v) is 6.85. The zero-order valence-electron chi connectivity index (χ0n) is 11.6. The second-order valence-corrected chi connectivity index (χ2v) is 5.96. The number of likely N-dealkylation sites (N-methyl/N-ethyl adjacent to an activating group) is 1. The lowest BCUT2D eigenvalue weighted by Crippen LogP contribution is -2.43. The summed E-state index contributed by atoms with van der Waals surface area (Å²) in [6.07, 6.45) is 5.63. The topological polar surface area (TPSA) is 36.4 Å². The molecular formula is C15H24N2O. The molecule has 0 saturated heterocycles. The third-order valence-electron chi connectivity index (χ3n) is 4.26. The van der Waals surface area contributed by atoms with E-state index in [0.29, 0.717) is 0 Å². The second kappa shape index (κ2) is 5.37. The molecule has 1 aromatic heterocycles. The van der Waals surface area contributed by atoms with E-state index >= 15 is 0 Å². The van der Waals surface area contributed by atoms with E-state index in [1.54, 1.807) is 0 Å². The Bertz CT molecular complexity index is 377. The first kappa shape index (κ1) is 13.5. The van der Waals surface area contributed by atoms with E-state index in [9.17, 15) is 5.11 Å². The summed E-state index contributed by atoms with van der Waals surface area (Å²) in [6.45, 7) is 8.37. The van der Waals surface area contributed by atoms with Gasteiger partial charge >= 0.3 is 0 Å². The smallest absolute Gasteiger partial charge is 0.0746 e. The van der Waals surface area contributed by atoms with Crippen LogP contribution in [-0.2, 0) is 6.54 Å². The van der Waals surface area contributed by atoms with Crippen LogP contribution in [0.1, 0.15) is 39.2 Å². The lowest BCUT2D eigenvalue weighted by Gasteiger charge is -2.33. The molecule has 2 atom stereocenters. The van der Waals surface area contributed by atoms with Gasteiger partial charge in [0.15, 0.2) is 0 Å². The first-order chi connectivity index (χ1) is 8.54. The maximum absolute atomic E-state index is 10.4. The van der Waals surface area contributed by atoms with Crippen molar-refractivity contribution in [2.75, 3.05) is 6.54 Å². The highest BCUT2D eigenvalue weighted by molar-refractivity contribution is 5.10. The molecule has 1 saturated carbocycles. The molecule has 0 bridgehead atoms. The molecule has 3 heteroatoms. The molecule has 0 amide bonds. The van der Waals surface area contributed by atoms with Crippen molar-refractivity contribution in [1.29, 1.82) is 0 Å². The van der Waals surface area contributed by atoms with Gasteiger partial charge in [0, 0.05) is 25.0 Å². The number of aliphatic hydroxyl groups excluding tert-OH is 1. The van der Waals surface area contributed by atoms with Crippen LogP contribution in [0.2, 0.25) is 0 Å². The van der Waals surface area contributed by atoms with E-state index in [0.717, 1.165) is 25.9 Å². The average Bonchev–Trinajstić information content (AvgIpc) is 2.63. The van der Waals surface area contributed by atoms with Crippen molar-refractivity contribution in [2.45, 2.75) is 52.3 Å². The second-order valence-electron chi connectivity index (χ2n) is 5.96. The molecule has 1 heterocycles. The lowest BCUT2D eigenvalue weighted by molar-refractivity contribution is 0.0134. The third kappa shape index (κ3) is 2.73. The van der Waals surface area contributed by atoms with Gasteiger partial charge < -0.3 is 5.11 Å². The van der Waals surface area contributed by atoms with Gasteiger partial charge in [0.25, 0.3) is 0 Å². The molecule has 0 radical (unpaired) electrons. The number of aromatic nitrogens is 1. The minimum Gasteiger partial charge on any atom is -0.391 e. The van der Waals surface area contributed by atoms with Crippen LogP contribution >= 0.6 is 0 Å². The number of hydrogen-bond acceptors (Lipinski definition) is 3. The van der Waals surface area contributed by atoms with E-state index in [2.05, 4.69) is 42.8 Å². The number of nitrogens with zero attached hydrogens (tertiary/aromatic N) is 2. The Kier molecular flexibility index (Phi) is 4.03. The molecule has 0 spiro atoms. The van der Waals surface area contributed by atoms with Gasteiger partial charge in [0.05, 0.1) is 6.10 Å². The summed E-state index contributed by atoms with van der Waals surface area (Å²) in [6, 6.07) is 4.39. The Morgan fingerprint density at radius 3 is 2.56 bits per heavy atom. The monoisotopic (exact) mass is 248 g/mol. The van der Waals surface area contributed by atoms with Crippen molar-refractivity contribution < 1.29 is 5.11 Å². The Morgan fingerprint density at radius 1 is 1.39 bits per heavy atom. The van der Waals surface area contributed by atoms with Gasteiger partial charge in [0.1, 0.15) is 0 Å². The van der Waals surface area contributed by atoms with Gasteiger partial charge in [-0.05, 0) is 42.5 Å². The van der Waals surface area contributed by atoms with Crippen LogP contribution in [0.4, 0.5) is 0 Å². The maximum Gasteiger partial charge on any atom is 0.0746 e. The van der Waals surface area contributed by atoms with Gasteiger partial charge in [-0.25, -0.2) is 0 Å². The van der Waals surface area contributed by atoms with Gasteiger partial charge in [-0.15, -0.1) is 0 Å². The van der Waals surface area contributed by atoms with Crippen LogP contribution in [0, 0.1) is 5.41 Å². The lowest BCUT2D eigenvalue weighted by atomic mass is 9.88. The standard InChI is InChI=1S/C15H24N2O/c1-4-17(11-12-6-9-16-10-7-12)13-5-8-15(2,3)14(13)18/h6-7,9-10,13-14,18H,4-5,8,11H2,1-3H3. The summed E-state index contributed by atoms with van der Waals surface area (Å²) in [7, 11) is 0. The summed E-state index contributed by atoms with van der Waals surface area (Å²) >= 11 is 0. The molecule has 1 aliphatic carbocycles. The SMILES string of the molecule is CCN(Cc1ccncc1)C1CCC(C)(C)C1O. The molecule has 18 heavy (non-hydrogen) atoms. The van der Waals surface area contributed by atoms with E-state index < -0.39 is 0 Å². The van der Waals surface area contributed by atoms with Crippen LogP contribution in [0.15, 0.2) is 24.5 Å². The summed E-state index contributed by atoms with van der Waals surface area (Å²) < 4.78 is 0. The Labute approximate surface area is 110 Å². The highest BCUT2D eigenvalue weighted by Gasteiger charge is 2.42. The Balaban J connectivity index is 2.06. The normalized spacial score (nSPS) is 26.7. The minimum atomic E-state index is -0.223. The van der Waals surface area contributed by atoms with E-state index in [1.807, 2.05) is 12.4 Å². The summed E-state index contributed by atoms with van der Waals surface area (Å²) in [5, 5.41) is 10.4. The molecule has 3 nitrogen and oxygen atoms in total. The quantitative estimate of drug-likeness (QED) is 0.889. The fourth-order valence-corrected chi connectivity index (χ4v) is 2.91. The van der Waals surface area contributed by atoms with Gasteiger partial charge in [-0.1, -0.05) is 20.8 Å². The maximum atomic E-state index is 10.4. The molecule has 100 valence electrons. The predicted octanol–water partition coefficient (Wildman–Crippen LogP) is 2.45. The summed E-state index contributed by atoms with van der Waals surface area (Å²) in [4.78, 5) is 6.43. The molecule has 1 fully saturated rings. The number of pyridine rings is 1. The molecule has 2 unspecified atom stereocenters. The fraction of sp³-hybridized carbons (Fsp3) is 0.667. The highest BCUT2D eigenvalue weighted by atomic mass is 16.3. The van der Waals surface area contributed by atoms with E-state index in [1.165, 1.54) is 5.56 Å². The van der Waals surface area contributed by atoms with Crippen LogP contribution in [0.25, 0.3) is 0 Å². The van der Waals surface area contributed by atoms with Crippen LogP contribution in [0.5, 0.6) is 0 Å². The number of rotatable bonds is 4. The summed E-state index contributed by atoms with van der Waals surface area (Å²) in [5.74, 6) is 0. The van der Waals surface area contributed by atoms with Crippen LogP contribution in [0.3, 0.4) is 0 Å². The first-order valence-electron chi connectivity index (χ1n) is 6.85. The molecule has 1 aromatic rings. The number of hydrogen-bond donors (Lipinski definition) is 1. The third-order valence-corrected chi connectivity index (χ3v) is 4.26. The van der Waals surface area contributed by atoms with Crippen molar-refractivity contribution in [1.82, 2.24) is 9.88 Å². The largest absolute Gasteiger partial charge is 0.391 e. The van der Waals surface area contributed by atoms with Gasteiger partial charge in [-0.2, -0.15) is 0 Å². The Morgan fingerprint density at radius 2 is 2.06 bits per heavy atom. The zero-order chi connectivity index (χ0) is 13.2. The molecular weight excluding hydrogens is 224 g/mol. The van der Waals surface area contributed by atoms with Gasteiger partial charge in [-0.3, -0.25) is 9.88 Å². The van der Waals surface area contributed by atoms with Crippen molar-refractivity contribution in [3.05, 3.63) is 30.1 Å². The summed E-state index contributed by atoms with van der Waals surface area (Å²) in [5.41, 5.74) is 1.32. The molecule has 1 aliphatic rings. The molecule has 0 aromatic carbocycles. The highest BCUT2D eigenvalue weighted by Crippen LogP contribution is 2.40. The van der Waals surface area contributed by atoms with Crippen molar-refractivity contribution in [2.24, 2.45) is 5.41 Å². The van der Waals surface area contributed by atoms with E-state index in [4.69, 9.17) is 0 Å². The fourth-order valence-electron chi connectivity index (χ4n) is 2.91. The van der Waals surface area contributed by atoms with E-state index in [-0.39, 0.29) is 17.6 Å². The number of aliphatic hydroxyl groups is 1. The predicted molar refractivity (Wildman–Crippen MR) is 73.1 cm³/mol. The van der Waals surface area contributed by atoms with Crippen LogP contribution in [-0.4, -0.2) is 33.7 Å². The zero-order valence-corrected chi connectivity index (χ0v) is 11.6. The van der Waals surface area contributed by atoms with Crippen molar-refractivity contribution in [3.63, 3.8) is 0 Å². The Hall–Kier alpha value is -0.930. The molecule has 1 N–H and O–H groups in total. The molecule has 0 aliphatic heterocycles. The minimum absolute atomic E-state index is 0.0519. The van der Waals surface area contributed by atoms with Crippen molar-refractivity contribution in [3.8, 4) is 0 Å². The van der Waals surface area contributed by atoms with Crippen LogP contribution < -0.4 is 0 Å².